The molecule has 0 radical (unpaired) electrons. The molecule has 3 aromatic rings. The van der Waals surface area contributed by atoms with Crippen molar-refractivity contribution in [3.05, 3.63) is 52.2 Å². The number of aromatic nitrogens is 1. The summed E-state index contributed by atoms with van der Waals surface area (Å²) in [5.41, 5.74) is 1.55. The lowest BCUT2D eigenvalue weighted by Crippen LogP contribution is -2.14. The number of rotatable bonds is 5. The zero-order valence-corrected chi connectivity index (χ0v) is 16.5. The summed E-state index contributed by atoms with van der Waals surface area (Å²) < 4.78 is 0.922. The molecule has 0 spiro atoms. The molecule has 1 aliphatic rings. The third-order valence-corrected chi connectivity index (χ3v) is 6.35. The van der Waals surface area contributed by atoms with Crippen LogP contribution in [0.2, 0.25) is 0 Å². The summed E-state index contributed by atoms with van der Waals surface area (Å²) in [7, 11) is 0. The molecule has 1 atom stereocenters. The normalized spacial score (nSPS) is 16.0. The monoisotopic (exact) mass is 397 g/mol. The van der Waals surface area contributed by atoms with Crippen LogP contribution in [0.5, 0.6) is 0 Å². The number of aryl methyl sites for hydroxylation is 1. The van der Waals surface area contributed by atoms with E-state index in [9.17, 15) is 9.59 Å². The van der Waals surface area contributed by atoms with Crippen LogP contribution in [0.4, 0.5) is 10.8 Å². The number of thiazole rings is 1. The van der Waals surface area contributed by atoms with Gasteiger partial charge in [0.15, 0.2) is 5.13 Å². The van der Waals surface area contributed by atoms with Crippen LogP contribution in [0.15, 0.2) is 42.5 Å². The van der Waals surface area contributed by atoms with E-state index in [1.54, 1.807) is 0 Å². The first kappa shape index (κ1) is 17.9. The van der Waals surface area contributed by atoms with Gasteiger partial charge >= 0.3 is 0 Å². The highest BCUT2D eigenvalue weighted by Crippen LogP contribution is 2.29. The van der Waals surface area contributed by atoms with Gasteiger partial charge in [0.2, 0.25) is 5.91 Å². The average molecular weight is 398 g/mol. The molecule has 5 nitrogen and oxygen atoms in total. The summed E-state index contributed by atoms with van der Waals surface area (Å²) in [6.07, 6.45) is 6.88. The van der Waals surface area contributed by atoms with E-state index in [1.807, 2.05) is 37.3 Å². The molecule has 7 heteroatoms. The first-order valence-electron chi connectivity index (χ1n) is 8.82. The average Bonchev–Trinajstić information content (AvgIpc) is 3.35. The molecule has 0 saturated heterocycles. The van der Waals surface area contributed by atoms with E-state index < -0.39 is 0 Å². The summed E-state index contributed by atoms with van der Waals surface area (Å²) in [5, 5.41) is 6.37. The predicted octanol–water partition coefficient (Wildman–Crippen LogP) is 5.21. The number of nitrogens with zero attached hydrogens (tertiary/aromatic N) is 1. The van der Waals surface area contributed by atoms with E-state index in [1.165, 1.54) is 22.7 Å². The summed E-state index contributed by atoms with van der Waals surface area (Å²) in [6, 6.07) is 9.35. The van der Waals surface area contributed by atoms with Crippen molar-refractivity contribution < 1.29 is 9.59 Å². The van der Waals surface area contributed by atoms with E-state index in [4.69, 9.17) is 0 Å². The largest absolute Gasteiger partial charge is 0.326 e. The number of benzene rings is 1. The maximum absolute atomic E-state index is 12.3. The highest BCUT2D eigenvalue weighted by molar-refractivity contribution is 7.22. The Bertz CT molecular complexity index is 1030. The van der Waals surface area contributed by atoms with Crippen LogP contribution >= 0.6 is 22.7 Å². The van der Waals surface area contributed by atoms with Crippen LogP contribution in [-0.4, -0.2) is 16.8 Å². The Morgan fingerprint density at radius 3 is 2.81 bits per heavy atom. The van der Waals surface area contributed by atoms with Gasteiger partial charge < -0.3 is 5.32 Å². The minimum Gasteiger partial charge on any atom is -0.326 e. The van der Waals surface area contributed by atoms with Crippen LogP contribution in [0, 0.1) is 12.8 Å². The van der Waals surface area contributed by atoms with Crippen molar-refractivity contribution in [3.63, 3.8) is 0 Å². The van der Waals surface area contributed by atoms with Gasteiger partial charge in [0.05, 0.1) is 15.1 Å². The Kier molecular flexibility index (Phi) is 5.05. The first-order chi connectivity index (χ1) is 13.1. The van der Waals surface area contributed by atoms with Crippen LogP contribution in [-0.2, 0) is 4.79 Å². The second-order valence-electron chi connectivity index (χ2n) is 6.58. The van der Waals surface area contributed by atoms with Crippen molar-refractivity contribution >= 4 is 55.5 Å². The Morgan fingerprint density at radius 2 is 2.07 bits per heavy atom. The number of carbonyl (C=O) groups excluding carboxylic acids is 2. The van der Waals surface area contributed by atoms with Crippen molar-refractivity contribution in [2.75, 3.05) is 10.6 Å². The summed E-state index contributed by atoms with van der Waals surface area (Å²) in [6.45, 7) is 1.97. The smallest absolute Gasteiger partial charge is 0.267 e. The van der Waals surface area contributed by atoms with Gasteiger partial charge in [0.1, 0.15) is 0 Å². The lowest BCUT2D eigenvalue weighted by molar-refractivity contribution is -0.116. The third kappa shape index (κ3) is 4.26. The Morgan fingerprint density at radius 1 is 1.19 bits per heavy atom. The number of allylic oxidation sites excluding steroid dienone is 2. The Hall–Kier alpha value is -2.51. The van der Waals surface area contributed by atoms with Crippen molar-refractivity contribution in [3.8, 4) is 0 Å². The minimum atomic E-state index is -0.148. The fourth-order valence-corrected chi connectivity index (χ4v) is 4.75. The van der Waals surface area contributed by atoms with E-state index in [0.717, 1.165) is 33.6 Å². The molecule has 2 aromatic heterocycles. The Balaban J connectivity index is 1.44. The van der Waals surface area contributed by atoms with Crippen LogP contribution in [0.3, 0.4) is 0 Å². The van der Waals surface area contributed by atoms with Gasteiger partial charge in [-0.2, -0.15) is 0 Å². The van der Waals surface area contributed by atoms with Gasteiger partial charge in [0, 0.05) is 17.0 Å². The predicted molar refractivity (Wildman–Crippen MR) is 112 cm³/mol. The second-order valence-corrected chi connectivity index (χ2v) is 8.90. The van der Waals surface area contributed by atoms with Crippen molar-refractivity contribution in [1.29, 1.82) is 0 Å². The zero-order chi connectivity index (χ0) is 18.8. The highest BCUT2D eigenvalue weighted by atomic mass is 32.1. The van der Waals surface area contributed by atoms with E-state index in [2.05, 4.69) is 27.8 Å². The molecule has 1 aliphatic carbocycles. The SMILES string of the molecule is Cc1ccc(C(=O)Nc2nc3ccc(NC(=O)C[C@H]4C=CCC4)cc3s2)s1. The molecule has 0 unspecified atom stereocenters. The van der Waals surface area contributed by atoms with E-state index in [0.29, 0.717) is 22.3 Å². The quantitative estimate of drug-likeness (QED) is 0.580. The number of carbonyl (C=O) groups is 2. The molecule has 1 aromatic carbocycles. The molecular formula is C20H19N3O2S2. The van der Waals surface area contributed by atoms with E-state index >= 15 is 0 Å². The molecule has 2 amide bonds. The summed E-state index contributed by atoms with van der Waals surface area (Å²) in [5.74, 6) is 0.224. The Labute approximate surface area is 165 Å². The number of thiophene rings is 1. The lowest BCUT2D eigenvalue weighted by atomic mass is 10.1. The fourth-order valence-electron chi connectivity index (χ4n) is 3.09. The third-order valence-electron chi connectivity index (χ3n) is 4.42. The molecule has 138 valence electrons. The van der Waals surface area contributed by atoms with Gasteiger partial charge in [-0.15, -0.1) is 11.3 Å². The number of hydrogen-bond acceptors (Lipinski definition) is 5. The maximum atomic E-state index is 12.3. The van der Waals surface area contributed by atoms with E-state index in [-0.39, 0.29) is 11.8 Å². The van der Waals surface area contributed by atoms with Gasteiger partial charge in [-0.3, -0.25) is 14.9 Å². The number of nitrogens with one attached hydrogen (secondary N) is 2. The van der Waals surface area contributed by atoms with Crippen molar-refractivity contribution in [1.82, 2.24) is 4.98 Å². The molecule has 27 heavy (non-hydrogen) atoms. The van der Waals surface area contributed by atoms with Crippen LogP contribution in [0.25, 0.3) is 10.2 Å². The minimum absolute atomic E-state index is 0.0250. The van der Waals surface area contributed by atoms with Crippen molar-refractivity contribution in [2.24, 2.45) is 5.92 Å². The van der Waals surface area contributed by atoms with Crippen LogP contribution < -0.4 is 10.6 Å². The van der Waals surface area contributed by atoms with Crippen molar-refractivity contribution in [2.45, 2.75) is 26.2 Å². The molecule has 0 saturated carbocycles. The lowest BCUT2D eigenvalue weighted by Gasteiger charge is -2.08. The molecule has 0 bridgehead atoms. The molecule has 2 N–H and O–H groups in total. The first-order valence-corrected chi connectivity index (χ1v) is 10.4. The van der Waals surface area contributed by atoms with Crippen LogP contribution in [0.1, 0.15) is 33.8 Å². The fraction of sp³-hybridized carbons (Fsp3) is 0.250. The summed E-state index contributed by atoms with van der Waals surface area (Å²) in [4.78, 5) is 30.7. The molecule has 2 heterocycles. The van der Waals surface area contributed by atoms with Gasteiger partial charge in [-0.25, -0.2) is 4.98 Å². The molecule has 4 rings (SSSR count). The molecular weight excluding hydrogens is 378 g/mol. The number of fused-ring (bicyclic) bond motifs is 1. The maximum Gasteiger partial charge on any atom is 0.267 e. The molecule has 0 aliphatic heterocycles. The number of hydrogen-bond donors (Lipinski definition) is 2. The highest BCUT2D eigenvalue weighted by Gasteiger charge is 2.15. The molecule has 0 fully saturated rings. The number of anilines is 2. The second kappa shape index (κ2) is 7.62. The summed E-state index contributed by atoms with van der Waals surface area (Å²) >= 11 is 2.86. The standard InChI is InChI=1S/C20H19N3O2S2/c1-12-6-9-16(26-12)19(25)23-20-22-15-8-7-14(11-17(15)27-20)21-18(24)10-13-4-2-3-5-13/h2,4,6-9,11,13H,3,5,10H2,1H3,(H,21,24)(H,22,23,25)/t13-/m0/s1. The topological polar surface area (TPSA) is 71.1 Å². The van der Waals surface area contributed by atoms with Gasteiger partial charge in [0.25, 0.3) is 5.91 Å². The van der Waals surface area contributed by atoms with Gasteiger partial charge in [-0.1, -0.05) is 23.5 Å². The number of amides is 2. The van der Waals surface area contributed by atoms with Gasteiger partial charge in [-0.05, 0) is 56.0 Å². The zero-order valence-electron chi connectivity index (χ0n) is 14.8.